The largest absolute Gasteiger partial charge is 0.373 e. The third-order valence-corrected chi connectivity index (χ3v) is 7.59. The molecule has 1 aliphatic rings. The molecule has 4 rings (SSSR count). The minimum Gasteiger partial charge on any atom is -0.373 e. The van der Waals surface area contributed by atoms with Gasteiger partial charge in [0, 0.05) is 30.0 Å². The summed E-state index contributed by atoms with van der Waals surface area (Å²) in [5.41, 5.74) is 8.25. The van der Waals surface area contributed by atoms with Crippen molar-refractivity contribution in [3.8, 4) is 0 Å². The minimum absolute atomic E-state index is 0.0220. The average Bonchev–Trinajstić information content (AvgIpc) is 3.28. The van der Waals surface area contributed by atoms with Crippen LogP contribution in [0.15, 0.2) is 42.6 Å². The number of Topliss-reactive ketones (excluding diaryl/α,β-unsaturated/α-hetero) is 1. The van der Waals surface area contributed by atoms with Crippen molar-refractivity contribution in [2.45, 2.75) is 78.7 Å². The minimum atomic E-state index is -0.0220. The first kappa shape index (κ1) is 26.0. The molecule has 0 atom stereocenters. The Morgan fingerprint density at radius 3 is 2.58 bits per heavy atom. The molecule has 1 aliphatic carbocycles. The summed E-state index contributed by atoms with van der Waals surface area (Å²) in [6.45, 7) is 12.1. The molecule has 1 heterocycles. The first-order valence-corrected chi connectivity index (χ1v) is 13.1. The smallest absolute Gasteiger partial charge is 0.196 e. The topological polar surface area (TPSA) is 61.2 Å². The van der Waals surface area contributed by atoms with Gasteiger partial charge >= 0.3 is 0 Å². The van der Waals surface area contributed by atoms with Crippen LogP contribution in [0.25, 0.3) is 0 Å². The van der Waals surface area contributed by atoms with E-state index in [1.165, 1.54) is 23.1 Å². The van der Waals surface area contributed by atoms with Crippen LogP contribution in [0.5, 0.6) is 0 Å². The van der Waals surface area contributed by atoms with Crippen molar-refractivity contribution >= 4 is 11.6 Å². The van der Waals surface area contributed by atoms with E-state index in [9.17, 15) is 9.59 Å². The van der Waals surface area contributed by atoms with Crippen LogP contribution in [0.4, 0.5) is 0 Å². The average molecular weight is 487 g/mol. The summed E-state index contributed by atoms with van der Waals surface area (Å²) in [6.07, 6.45) is 6.53. The molecule has 0 bridgehead atoms. The second kappa shape index (κ2) is 10.9. The maximum Gasteiger partial charge on any atom is 0.196 e. The number of carbonyl (C=O) groups is 2. The summed E-state index contributed by atoms with van der Waals surface area (Å²) in [5, 5.41) is 4.52. The van der Waals surface area contributed by atoms with Crippen LogP contribution in [0.3, 0.4) is 0 Å². The molecule has 0 radical (unpaired) electrons. The van der Waals surface area contributed by atoms with Crippen LogP contribution in [0, 0.1) is 13.8 Å². The van der Waals surface area contributed by atoms with Crippen molar-refractivity contribution in [3.63, 3.8) is 0 Å². The van der Waals surface area contributed by atoms with Crippen molar-refractivity contribution in [3.05, 3.63) is 87.2 Å². The van der Waals surface area contributed by atoms with E-state index in [2.05, 4.69) is 38.9 Å². The number of ketones is 2. The highest BCUT2D eigenvalue weighted by molar-refractivity contribution is 6.11. The van der Waals surface area contributed by atoms with Gasteiger partial charge < -0.3 is 4.74 Å². The fraction of sp³-hybridized carbons (Fsp3) is 0.452. The van der Waals surface area contributed by atoms with Gasteiger partial charge in [-0.25, -0.2) is 0 Å². The van der Waals surface area contributed by atoms with E-state index in [4.69, 9.17) is 4.74 Å². The molecule has 1 aromatic heterocycles. The number of ether oxygens (including phenoxy) is 1. The lowest BCUT2D eigenvalue weighted by atomic mass is 9.68. The molecule has 0 saturated carbocycles. The van der Waals surface area contributed by atoms with E-state index < -0.39 is 0 Å². The summed E-state index contributed by atoms with van der Waals surface area (Å²) in [6, 6.07) is 11.3. The predicted molar refractivity (Wildman–Crippen MR) is 143 cm³/mol. The number of carbonyl (C=O) groups excluding carboxylic acids is 2. The number of aromatic nitrogens is 2. The lowest BCUT2D eigenvalue weighted by molar-refractivity contribution is 0.0755. The SMILES string of the molecule is CCn1ncc(C(=O)c2cc(C)c3c(c2C)C(C)(C)CCC3)c1CCCOCC(=O)c1ccccc1. The molecule has 190 valence electrons. The number of nitrogens with zero attached hydrogens (tertiary/aromatic N) is 2. The summed E-state index contributed by atoms with van der Waals surface area (Å²) < 4.78 is 7.57. The van der Waals surface area contributed by atoms with E-state index in [-0.39, 0.29) is 23.6 Å². The lowest BCUT2D eigenvalue weighted by Gasteiger charge is -2.36. The third-order valence-electron chi connectivity index (χ3n) is 7.59. The fourth-order valence-corrected chi connectivity index (χ4v) is 5.77. The van der Waals surface area contributed by atoms with Gasteiger partial charge in [-0.15, -0.1) is 0 Å². The van der Waals surface area contributed by atoms with Crippen LogP contribution in [0.2, 0.25) is 0 Å². The van der Waals surface area contributed by atoms with Gasteiger partial charge in [0.15, 0.2) is 11.6 Å². The van der Waals surface area contributed by atoms with Gasteiger partial charge in [-0.2, -0.15) is 5.10 Å². The van der Waals surface area contributed by atoms with Crippen LogP contribution in [0.1, 0.15) is 94.3 Å². The highest BCUT2D eigenvalue weighted by Gasteiger charge is 2.32. The molecule has 5 heteroatoms. The highest BCUT2D eigenvalue weighted by Crippen LogP contribution is 2.41. The summed E-state index contributed by atoms with van der Waals surface area (Å²) in [5.74, 6) is 0.0286. The van der Waals surface area contributed by atoms with Crippen LogP contribution in [-0.2, 0) is 29.5 Å². The molecule has 5 nitrogen and oxygen atoms in total. The van der Waals surface area contributed by atoms with Crippen LogP contribution < -0.4 is 0 Å². The number of benzene rings is 2. The van der Waals surface area contributed by atoms with E-state index >= 15 is 0 Å². The van der Waals surface area contributed by atoms with Crippen LogP contribution in [-0.4, -0.2) is 34.6 Å². The lowest BCUT2D eigenvalue weighted by Crippen LogP contribution is -2.27. The fourth-order valence-electron chi connectivity index (χ4n) is 5.77. The zero-order chi connectivity index (χ0) is 25.9. The Hall–Kier alpha value is -3.05. The number of rotatable bonds is 10. The Balaban J connectivity index is 1.49. The standard InChI is InChI=1S/C31H38N2O3/c1-6-33-27(15-11-17-36-20-28(34)23-12-8-7-9-13-23)26(19-32-33)30(35)25-18-21(2)24-14-10-16-31(4,5)29(24)22(25)3/h7-9,12-13,18-19H,6,10-11,14-17,20H2,1-5H3. The van der Waals surface area contributed by atoms with Gasteiger partial charge in [0.05, 0.1) is 11.8 Å². The highest BCUT2D eigenvalue weighted by atomic mass is 16.5. The van der Waals surface area contributed by atoms with Gasteiger partial charge in [0.2, 0.25) is 0 Å². The van der Waals surface area contributed by atoms with E-state index in [1.807, 2.05) is 29.8 Å². The first-order chi connectivity index (χ1) is 17.2. The first-order valence-electron chi connectivity index (χ1n) is 13.1. The number of hydrogen-bond donors (Lipinski definition) is 0. The molecular weight excluding hydrogens is 448 g/mol. The number of fused-ring (bicyclic) bond motifs is 1. The molecular formula is C31H38N2O3. The summed E-state index contributed by atoms with van der Waals surface area (Å²) in [7, 11) is 0. The summed E-state index contributed by atoms with van der Waals surface area (Å²) >= 11 is 0. The molecule has 0 saturated heterocycles. The number of hydrogen-bond acceptors (Lipinski definition) is 4. The predicted octanol–water partition coefficient (Wildman–Crippen LogP) is 6.20. The Bertz CT molecular complexity index is 1250. The van der Waals surface area contributed by atoms with Gasteiger partial charge in [0.1, 0.15) is 6.61 Å². The van der Waals surface area contributed by atoms with Gasteiger partial charge in [-0.05, 0) is 86.6 Å². The van der Waals surface area contributed by atoms with Gasteiger partial charge in [-0.3, -0.25) is 14.3 Å². The van der Waals surface area contributed by atoms with Crippen LogP contribution >= 0.6 is 0 Å². The van der Waals surface area contributed by atoms with E-state index in [0.29, 0.717) is 37.1 Å². The zero-order valence-corrected chi connectivity index (χ0v) is 22.3. The van der Waals surface area contributed by atoms with Crippen molar-refractivity contribution < 1.29 is 14.3 Å². The molecule has 0 N–H and O–H groups in total. The Kier molecular flexibility index (Phi) is 7.89. The molecule has 0 fully saturated rings. The molecule has 0 unspecified atom stereocenters. The monoisotopic (exact) mass is 486 g/mol. The second-order valence-electron chi connectivity index (χ2n) is 10.6. The maximum absolute atomic E-state index is 13.9. The maximum atomic E-state index is 13.9. The van der Waals surface area contributed by atoms with Crippen molar-refractivity contribution in [2.75, 3.05) is 13.2 Å². The Morgan fingerprint density at radius 2 is 1.86 bits per heavy atom. The normalized spacial score (nSPS) is 14.5. The van der Waals surface area contributed by atoms with Gasteiger partial charge in [0.25, 0.3) is 0 Å². The Morgan fingerprint density at radius 1 is 1.11 bits per heavy atom. The third kappa shape index (κ3) is 5.22. The van der Waals surface area contributed by atoms with E-state index in [1.54, 1.807) is 18.3 Å². The zero-order valence-electron chi connectivity index (χ0n) is 22.3. The number of aryl methyl sites for hydroxylation is 2. The van der Waals surface area contributed by atoms with Crippen molar-refractivity contribution in [1.29, 1.82) is 0 Å². The summed E-state index contributed by atoms with van der Waals surface area (Å²) in [4.78, 5) is 26.1. The molecule has 0 amide bonds. The molecule has 0 spiro atoms. The molecule has 3 aromatic rings. The van der Waals surface area contributed by atoms with Crippen molar-refractivity contribution in [2.24, 2.45) is 0 Å². The second-order valence-corrected chi connectivity index (χ2v) is 10.6. The van der Waals surface area contributed by atoms with E-state index in [0.717, 1.165) is 29.7 Å². The van der Waals surface area contributed by atoms with Crippen molar-refractivity contribution in [1.82, 2.24) is 9.78 Å². The molecule has 36 heavy (non-hydrogen) atoms. The molecule has 2 aromatic carbocycles. The Labute approximate surface area is 214 Å². The quantitative estimate of drug-likeness (QED) is 0.253. The molecule has 0 aliphatic heterocycles. The van der Waals surface area contributed by atoms with Gasteiger partial charge in [-0.1, -0.05) is 44.2 Å².